The summed E-state index contributed by atoms with van der Waals surface area (Å²) < 4.78 is 0. The van der Waals surface area contributed by atoms with Gasteiger partial charge in [0.1, 0.15) is 0 Å². The Morgan fingerprint density at radius 1 is 0.600 bits per heavy atom. The second-order valence-corrected chi connectivity index (χ2v) is 8.56. The Hall–Kier alpha value is -3.32. The molecule has 0 unspecified atom stereocenters. The third-order valence-electron chi connectivity index (χ3n) is 6.48. The van der Waals surface area contributed by atoms with Crippen LogP contribution in [-0.2, 0) is 5.41 Å². The molecule has 0 aliphatic heterocycles. The quantitative estimate of drug-likeness (QED) is 0.344. The van der Waals surface area contributed by atoms with Gasteiger partial charge in [0.15, 0.2) is 0 Å². The number of hydrogen-bond acceptors (Lipinski definition) is 1. The zero-order valence-electron chi connectivity index (χ0n) is 17.9. The average Bonchev–Trinajstić information content (AvgIpc) is 3.02. The van der Waals surface area contributed by atoms with E-state index in [0.29, 0.717) is 0 Å². The Morgan fingerprint density at radius 2 is 1.20 bits per heavy atom. The molecule has 1 aliphatic rings. The van der Waals surface area contributed by atoms with Crippen molar-refractivity contribution in [2.75, 3.05) is 11.4 Å². The SMILES string of the molecule is CCN(c1ccc(-c2ccccc2)cc1)c1ccc2c(c1)C(C)(C)c1ccccc1-2. The first-order valence-electron chi connectivity index (χ1n) is 10.8. The van der Waals surface area contributed by atoms with Crippen LogP contribution in [0.1, 0.15) is 31.9 Å². The fourth-order valence-electron chi connectivity index (χ4n) is 4.84. The van der Waals surface area contributed by atoms with Crippen molar-refractivity contribution in [1.29, 1.82) is 0 Å². The standard InChI is InChI=1S/C29H27N/c1-4-30(23-16-14-22(15-17-23)21-10-6-5-7-11-21)24-18-19-26-25-12-8-9-13-27(25)29(2,3)28(26)20-24/h5-20H,4H2,1-3H3. The summed E-state index contributed by atoms with van der Waals surface area (Å²) in [4.78, 5) is 2.40. The van der Waals surface area contributed by atoms with Crippen molar-refractivity contribution in [3.8, 4) is 22.3 Å². The Morgan fingerprint density at radius 3 is 1.93 bits per heavy atom. The summed E-state index contributed by atoms with van der Waals surface area (Å²) in [5.74, 6) is 0. The first-order chi connectivity index (χ1) is 14.6. The highest BCUT2D eigenvalue weighted by atomic mass is 15.1. The lowest BCUT2D eigenvalue weighted by Gasteiger charge is -2.27. The summed E-state index contributed by atoms with van der Waals surface area (Å²) >= 11 is 0. The molecular formula is C29H27N. The molecule has 0 atom stereocenters. The van der Waals surface area contributed by atoms with E-state index in [9.17, 15) is 0 Å². The highest BCUT2D eigenvalue weighted by molar-refractivity contribution is 5.83. The van der Waals surface area contributed by atoms with Crippen LogP contribution in [0.15, 0.2) is 97.1 Å². The Balaban J connectivity index is 1.52. The Labute approximate surface area is 179 Å². The number of rotatable bonds is 4. The Kier molecular flexibility index (Phi) is 4.47. The zero-order chi connectivity index (χ0) is 20.7. The molecule has 0 radical (unpaired) electrons. The van der Waals surface area contributed by atoms with E-state index in [0.717, 1.165) is 6.54 Å². The summed E-state index contributed by atoms with van der Waals surface area (Å²) in [6.45, 7) is 7.83. The first kappa shape index (κ1) is 18.7. The number of anilines is 2. The molecule has 0 aromatic heterocycles. The molecule has 1 nitrogen and oxygen atoms in total. The van der Waals surface area contributed by atoms with Gasteiger partial charge in [-0.2, -0.15) is 0 Å². The van der Waals surface area contributed by atoms with Crippen LogP contribution in [0, 0.1) is 0 Å². The third kappa shape index (κ3) is 2.93. The van der Waals surface area contributed by atoms with E-state index in [4.69, 9.17) is 0 Å². The molecule has 5 rings (SSSR count). The minimum atomic E-state index is 0.0263. The van der Waals surface area contributed by atoms with Gasteiger partial charge in [-0.25, -0.2) is 0 Å². The van der Waals surface area contributed by atoms with Gasteiger partial charge < -0.3 is 4.90 Å². The molecular weight excluding hydrogens is 362 g/mol. The number of nitrogens with zero attached hydrogens (tertiary/aromatic N) is 1. The molecule has 0 amide bonds. The van der Waals surface area contributed by atoms with E-state index in [2.05, 4.69) is 123 Å². The van der Waals surface area contributed by atoms with E-state index in [1.54, 1.807) is 0 Å². The van der Waals surface area contributed by atoms with Crippen molar-refractivity contribution in [3.05, 3.63) is 108 Å². The van der Waals surface area contributed by atoms with Gasteiger partial charge in [0.25, 0.3) is 0 Å². The van der Waals surface area contributed by atoms with Crippen LogP contribution < -0.4 is 4.90 Å². The van der Waals surface area contributed by atoms with Crippen LogP contribution in [0.5, 0.6) is 0 Å². The second-order valence-electron chi connectivity index (χ2n) is 8.56. The van der Waals surface area contributed by atoms with Crippen LogP contribution in [0.25, 0.3) is 22.3 Å². The summed E-state index contributed by atoms with van der Waals surface area (Å²) in [7, 11) is 0. The minimum absolute atomic E-state index is 0.0263. The summed E-state index contributed by atoms with van der Waals surface area (Å²) in [5.41, 5.74) is 10.6. The van der Waals surface area contributed by atoms with Crippen LogP contribution in [-0.4, -0.2) is 6.54 Å². The molecule has 4 aromatic rings. The number of fused-ring (bicyclic) bond motifs is 3. The van der Waals surface area contributed by atoms with Gasteiger partial charge in [-0.3, -0.25) is 0 Å². The van der Waals surface area contributed by atoms with Crippen molar-refractivity contribution in [1.82, 2.24) is 0 Å². The molecule has 0 bridgehead atoms. The van der Waals surface area contributed by atoms with E-state index in [1.807, 2.05) is 0 Å². The molecule has 0 N–H and O–H groups in total. The normalized spacial score (nSPS) is 13.6. The number of hydrogen-bond donors (Lipinski definition) is 0. The fraction of sp³-hybridized carbons (Fsp3) is 0.172. The topological polar surface area (TPSA) is 3.24 Å². The average molecular weight is 390 g/mol. The van der Waals surface area contributed by atoms with Crippen LogP contribution >= 0.6 is 0 Å². The predicted octanol–water partition coefficient (Wildman–Crippen LogP) is 7.82. The lowest BCUT2D eigenvalue weighted by atomic mass is 9.82. The van der Waals surface area contributed by atoms with Crippen molar-refractivity contribution < 1.29 is 0 Å². The summed E-state index contributed by atoms with van der Waals surface area (Å²) in [5, 5.41) is 0. The lowest BCUT2D eigenvalue weighted by Crippen LogP contribution is -2.18. The predicted molar refractivity (Wildman–Crippen MR) is 129 cm³/mol. The first-order valence-corrected chi connectivity index (χ1v) is 10.8. The molecule has 0 spiro atoms. The van der Waals surface area contributed by atoms with Gasteiger partial charge >= 0.3 is 0 Å². The van der Waals surface area contributed by atoms with Crippen molar-refractivity contribution in [3.63, 3.8) is 0 Å². The van der Waals surface area contributed by atoms with E-state index in [1.165, 1.54) is 44.8 Å². The molecule has 148 valence electrons. The summed E-state index contributed by atoms with van der Waals surface area (Å²) in [6.07, 6.45) is 0. The smallest absolute Gasteiger partial charge is 0.0414 e. The highest BCUT2D eigenvalue weighted by Crippen LogP contribution is 2.49. The van der Waals surface area contributed by atoms with Gasteiger partial charge in [0.05, 0.1) is 0 Å². The van der Waals surface area contributed by atoms with Crippen molar-refractivity contribution in [2.45, 2.75) is 26.2 Å². The van der Waals surface area contributed by atoms with E-state index >= 15 is 0 Å². The van der Waals surface area contributed by atoms with Crippen molar-refractivity contribution >= 4 is 11.4 Å². The van der Waals surface area contributed by atoms with Crippen LogP contribution in [0.4, 0.5) is 11.4 Å². The van der Waals surface area contributed by atoms with Gasteiger partial charge in [-0.1, -0.05) is 86.6 Å². The Bertz CT molecular complexity index is 1190. The van der Waals surface area contributed by atoms with E-state index < -0.39 is 0 Å². The molecule has 1 heteroatoms. The van der Waals surface area contributed by atoms with Gasteiger partial charge in [-0.05, 0) is 64.6 Å². The molecule has 30 heavy (non-hydrogen) atoms. The van der Waals surface area contributed by atoms with Crippen LogP contribution in [0.2, 0.25) is 0 Å². The molecule has 4 aromatic carbocycles. The van der Waals surface area contributed by atoms with Crippen molar-refractivity contribution in [2.24, 2.45) is 0 Å². The van der Waals surface area contributed by atoms with E-state index in [-0.39, 0.29) is 5.41 Å². The largest absolute Gasteiger partial charge is 0.342 e. The molecule has 0 saturated carbocycles. The monoisotopic (exact) mass is 389 g/mol. The molecule has 0 fully saturated rings. The van der Waals surface area contributed by atoms with Gasteiger partial charge in [0.2, 0.25) is 0 Å². The lowest BCUT2D eigenvalue weighted by molar-refractivity contribution is 0.660. The maximum absolute atomic E-state index is 2.40. The van der Waals surface area contributed by atoms with Gasteiger partial charge in [-0.15, -0.1) is 0 Å². The third-order valence-corrected chi connectivity index (χ3v) is 6.48. The van der Waals surface area contributed by atoms with Gasteiger partial charge in [0, 0.05) is 23.3 Å². The maximum atomic E-state index is 2.40. The van der Waals surface area contributed by atoms with Crippen LogP contribution in [0.3, 0.4) is 0 Å². The maximum Gasteiger partial charge on any atom is 0.0414 e. The molecule has 1 aliphatic carbocycles. The minimum Gasteiger partial charge on any atom is -0.342 e. The highest BCUT2D eigenvalue weighted by Gasteiger charge is 2.35. The fourth-order valence-corrected chi connectivity index (χ4v) is 4.84. The summed E-state index contributed by atoms with van der Waals surface area (Å²) in [6, 6.07) is 35.3. The molecule has 0 saturated heterocycles. The zero-order valence-corrected chi connectivity index (χ0v) is 17.9. The second kappa shape index (κ2) is 7.18. The molecule has 0 heterocycles. The number of benzene rings is 4.